The van der Waals surface area contributed by atoms with Gasteiger partial charge in [-0.25, -0.2) is 0 Å². The molecule has 2 bridgehead atoms. The van der Waals surface area contributed by atoms with Crippen LogP contribution in [0.25, 0.3) is 22.5 Å². The molecule has 8 nitrogen and oxygen atoms in total. The Balaban J connectivity index is 1.49. The van der Waals surface area contributed by atoms with Crippen LogP contribution in [-0.4, -0.2) is 44.7 Å². The summed E-state index contributed by atoms with van der Waals surface area (Å²) in [4.78, 5) is 20.8. The van der Waals surface area contributed by atoms with Crippen LogP contribution in [0.5, 0.6) is 0 Å². The van der Waals surface area contributed by atoms with E-state index in [0.29, 0.717) is 5.69 Å². The number of carbonyl (C=O) groups excluding carboxylic acids is 1. The number of amides is 1. The van der Waals surface area contributed by atoms with E-state index in [2.05, 4.69) is 34.1 Å². The number of aromatic nitrogens is 6. The van der Waals surface area contributed by atoms with Crippen molar-refractivity contribution in [2.75, 3.05) is 8.86 Å². The van der Waals surface area contributed by atoms with E-state index >= 15 is 0 Å². The molecule has 3 aromatic heterocycles. The van der Waals surface area contributed by atoms with Gasteiger partial charge in [0.2, 0.25) is 0 Å². The maximum absolute atomic E-state index is 14.6. The van der Waals surface area contributed by atoms with Crippen LogP contribution in [0, 0.1) is 17.0 Å². The van der Waals surface area contributed by atoms with Crippen LogP contribution in [0.15, 0.2) is 49.1 Å². The Bertz CT molecular complexity index is 1540. The molecule has 11 heteroatoms. The van der Waals surface area contributed by atoms with Gasteiger partial charge >= 0.3 is 223 Å². The van der Waals surface area contributed by atoms with E-state index in [-0.39, 0.29) is 50.3 Å². The van der Waals surface area contributed by atoms with Crippen LogP contribution in [-0.2, 0) is 16.8 Å². The van der Waals surface area contributed by atoms with E-state index in [1.807, 2.05) is 6.07 Å². The quantitative estimate of drug-likeness (QED) is 0.252. The third-order valence-electron chi connectivity index (χ3n) is 7.67. The average Bonchev–Trinajstić information content (AvgIpc) is 3.31. The Hall–Kier alpha value is -3.35. The summed E-state index contributed by atoms with van der Waals surface area (Å²) in [6.07, 6.45) is 6.80. The summed E-state index contributed by atoms with van der Waals surface area (Å²) in [7, 11) is 0. The molecule has 0 radical (unpaired) electrons. The molecule has 190 valence electrons. The van der Waals surface area contributed by atoms with Crippen molar-refractivity contribution >= 4 is 5.91 Å². The Morgan fingerprint density at radius 1 is 1.16 bits per heavy atom. The van der Waals surface area contributed by atoms with Crippen LogP contribution < -0.4 is 26.9 Å². The maximum atomic E-state index is 14.6. The van der Waals surface area contributed by atoms with Crippen LogP contribution in [0.1, 0.15) is 36.7 Å². The van der Waals surface area contributed by atoms with Gasteiger partial charge in [-0.3, -0.25) is 0 Å². The molecule has 0 saturated carbocycles. The summed E-state index contributed by atoms with van der Waals surface area (Å²) >= 11 is -0.187. The molecular formula is C26H23F2IN7O-. The van der Waals surface area contributed by atoms with E-state index in [1.165, 1.54) is 22.9 Å². The van der Waals surface area contributed by atoms with Crippen LogP contribution >= 0.6 is 0 Å². The molecule has 0 spiro atoms. The molecule has 1 amide bonds. The first kappa shape index (κ1) is 24.0. The number of nitrogens with two attached hydrogens (primary N) is 1. The molecule has 2 aliphatic rings. The van der Waals surface area contributed by atoms with Crippen molar-refractivity contribution in [3.63, 3.8) is 0 Å². The Kier molecular flexibility index (Phi) is 5.58. The third-order valence-corrected chi connectivity index (χ3v) is 10.9. The molecule has 1 aromatic carbocycles. The number of alkyl halides is 2. The molecule has 37 heavy (non-hydrogen) atoms. The minimum absolute atomic E-state index is 0.0237. The standard InChI is InChI=1S/C26H23F2IN7O/c1-25(2)16-7-29-13-26(25,21-10-31-9-20(33-21)14-8-32-36(11-14)12-22(30)37)24-15(16)6-19(34-35-24)23-17(27)4-3-5-18(23)28/h3-6,8-11,16H,7,12-13H2,1-2H3,(H2,30,37)/q-1/t16-,26-/m0/s1. The molecular weight excluding hydrogens is 591 g/mol. The predicted octanol–water partition coefficient (Wildman–Crippen LogP) is 0.0727. The fourth-order valence-corrected chi connectivity index (χ4v) is 10.7. The van der Waals surface area contributed by atoms with Gasteiger partial charge in [0, 0.05) is 0 Å². The van der Waals surface area contributed by atoms with Gasteiger partial charge in [0.1, 0.15) is 0 Å². The van der Waals surface area contributed by atoms with Gasteiger partial charge in [-0.2, -0.15) is 0 Å². The summed E-state index contributed by atoms with van der Waals surface area (Å²) in [5.41, 5.74) is 8.49. The van der Waals surface area contributed by atoms with Crippen molar-refractivity contribution in [1.82, 2.24) is 29.9 Å². The summed E-state index contributed by atoms with van der Waals surface area (Å²) in [6, 6.07) is 5.62. The number of primary amides is 1. The van der Waals surface area contributed by atoms with Crippen molar-refractivity contribution in [2.24, 2.45) is 11.1 Å². The predicted molar refractivity (Wildman–Crippen MR) is 127 cm³/mol. The summed E-state index contributed by atoms with van der Waals surface area (Å²) in [5, 5.41) is 13.2. The first-order valence-electron chi connectivity index (χ1n) is 11.7. The number of hydrogen-bond acceptors (Lipinski definition) is 6. The number of fused-ring (bicyclic) bond motifs is 5. The van der Waals surface area contributed by atoms with Gasteiger partial charge < -0.3 is 0 Å². The normalized spacial score (nSPS) is 21.8. The summed E-state index contributed by atoms with van der Waals surface area (Å²) < 4.78 is 32.6. The van der Waals surface area contributed by atoms with Gasteiger partial charge in [-0.1, -0.05) is 0 Å². The monoisotopic (exact) mass is 614 g/mol. The van der Waals surface area contributed by atoms with Crippen molar-refractivity contribution in [3.05, 3.63) is 77.6 Å². The van der Waals surface area contributed by atoms with Crippen molar-refractivity contribution < 1.29 is 34.8 Å². The van der Waals surface area contributed by atoms with Crippen LogP contribution in [0.3, 0.4) is 0 Å². The average molecular weight is 614 g/mol. The van der Waals surface area contributed by atoms with Gasteiger partial charge in [0.15, 0.2) is 0 Å². The van der Waals surface area contributed by atoms with E-state index in [1.54, 1.807) is 24.8 Å². The molecule has 4 aromatic rings. The van der Waals surface area contributed by atoms with Gasteiger partial charge in [-0.05, 0) is 0 Å². The zero-order valence-electron chi connectivity index (χ0n) is 20.1. The molecule has 1 aliphatic heterocycles. The Labute approximate surface area is 222 Å². The topological polar surface area (TPSA) is 112 Å². The van der Waals surface area contributed by atoms with Crippen molar-refractivity contribution in [1.29, 1.82) is 0 Å². The van der Waals surface area contributed by atoms with E-state index < -0.39 is 23.0 Å². The zero-order chi connectivity index (χ0) is 25.9. The second-order valence-electron chi connectivity index (χ2n) is 9.97. The number of nitrogens with zero attached hydrogens (tertiary/aromatic N) is 6. The molecule has 6 rings (SSSR count). The fourth-order valence-electron chi connectivity index (χ4n) is 5.65. The third kappa shape index (κ3) is 3.57. The fraction of sp³-hybridized carbons (Fsp3) is 0.308. The van der Waals surface area contributed by atoms with Gasteiger partial charge in [-0.15, -0.1) is 0 Å². The van der Waals surface area contributed by atoms with E-state index in [4.69, 9.17) is 10.7 Å². The number of rotatable bonds is 5. The first-order valence-corrected chi connectivity index (χ1v) is 14.8. The van der Waals surface area contributed by atoms with Gasteiger partial charge in [0.25, 0.3) is 0 Å². The Morgan fingerprint density at radius 3 is 2.70 bits per heavy atom. The molecule has 2 N–H and O–H groups in total. The second-order valence-corrected chi connectivity index (χ2v) is 12.7. The minimum atomic E-state index is -0.660. The second kappa shape index (κ2) is 8.61. The van der Waals surface area contributed by atoms with E-state index in [0.717, 1.165) is 31.4 Å². The summed E-state index contributed by atoms with van der Waals surface area (Å²) in [5.74, 6) is -1.64. The molecule has 4 heterocycles. The SMILES string of the molecule is CC1(C)[C@H]2C[I-]C[C@]1(c1cncc(-c3cnn(CC(N)=O)c3)n1)c1nnc(-c3c(F)cccc3F)cc12. The Morgan fingerprint density at radius 2 is 1.95 bits per heavy atom. The molecule has 1 saturated heterocycles. The molecule has 1 fully saturated rings. The van der Waals surface area contributed by atoms with Gasteiger partial charge in [0.05, 0.1) is 0 Å². The zero-order valence-corrected chi connectivity index (χ0v) is 22.3. The van der Waals surface area contributed by atoms with Crippen LogP contribution in [0.4, 0.5) is 8.78 Å². The number of benzene rings is 1. The van der Waals surface area contributed by atoms with Crippen molar-refractivity contribution in [2.45, 2.75) is 31.7 Å². The summed E-state index contributed by atoms with van der Waals surface area (Å²) in [6.45, 7) is 4.40. The molecule has 0 unspecified atom stereocenters. The van der Waals surface area contributed by atoms with E-state index in [9.17, 15) is 13.6 Å². The van der Waals surface area contributed by atoms with Crippen LogP contribution in [0.2, 0.25) is 0 Å². The number of hydrogen-bond donors (Lipinski definition) is 1. The number of halogens is 3. The number of carbonyl (C=O) groups is 1. The van der Waals surface area contributed by atoms with Crippen molar-refractivity contribution in [3.8, 4) is 22.5 Å². The molecule has 2 atom stereocenters. The first-order chi connectivity index (χ1) is 17.7. The molecule has 1 aliphatic carbocycles.